The first kappa shape index (κ1) is 35.2. The number of aliphatic hydroxyl groups excluding tert-OH is 1. The van der Waals surface area contributed by atoms with Crippen molar-refractivity contribution in [2.24, 2.45) is 5.92 Å². The summed E-state index contributed by atoms with van der Waals surface area (Å²) in [4.78, 5) is 72.3. The fourth-order valence-corrected chi connectivity index (χ4v) is 4.74. The molecule has 1 aromatic carbocycles. The summed E-state index contributed by atoms with van der Waals surface area (Å²) in [6.45, 7) is 5.12. The third-order valence-corrected chi connectivity index (χ3v) is 7.29. The maximum atomic E-state index is 13.5. The molecule has 0 aliphatic carbocycles. The van der Waals surface area contributed by atoms with Crippen molar-refractivity contribution in [1.82, 2.24) is 25.4 Å². The zero-order valence-electron chi connectivity index (χ0n) is 26.8. The second-order valence-electron chi connectivity index (χ2n) is 12.0. The molecule has 3 N–H and O–H groups in total. The van der Waals surface area contributed by atoms with Crippen LogP contribution in [-0.4, -0.2) is 108 Å². The van der Waals surface area contributed by atoms with Gasteiger partial charge in [-0.2, -0.15) is 0 Å². The predicted molar refractivity (Wildman–Crippen MR) is 166 cm³/mol. The van der Waals surface area contributed by atoms with E-state index in [1.807, 2.05) is 44.2 Å². The summed E-state index contributed by atoms with van der Waals surface area (Å²) >= 11 is 0. The number of rotatable bonds is 13. The SMILES string of the molecule is CC(C)C[C@H](NC(=O)C(NC(=O)c1cccc(-c2ccccc2)n1)[C@@H](C)O)B1OC(=O)C(CC(=O)N(C)C)(CC(=O)N(C)C)O1. The van der Waals surface area contributed by atoms with Crippen LogP contribution in [0.2, 0.25) is 0 Å². The maximum Gasteiger partial charge on any atom is 0.552 e. The number of benzene rings is 1. The molecule has 0 radical (unpaired) electrons. The lowest BCUT2D eigenvalue weighted by Gasteiger charge is -2.29. The lowest BCUT2D eigenvalue weighted by atomic mass is 9.73. The van der Waals surface area contributed by atoms with Crippen LogP contribution in [0.5, 0.6) is 0 Å². The second-order valence-corrected chi connectivity index (χ2v) is 12.0. The predicted octanol–water partition coefficient (Wildman–Crippen LogP) is 1.05. The highest BCUT2D eigenvalue weighted by molar-refractivity contribution is 6.52. The Kier molecular flexibility index (Phi) is 11.8. The van der Waals surface area contributed by atoms with Gasteiger partial charge in [-0.05, 0) is 31.4 Å². The molecule has 45 heavy (non-hydrogen) atoms. The van der Waals surface area contributed by atoms with Crippen molar-refractivity contribution in [2.45, 2.75) is 63.7 Å². The average Bonchev–Trinajstić information content (AvgIpc) is 3.30. The van der Waals surface area contributed by atoms with Crippen molar-refractivity contribution >= 4 is 36.7 Å². The van der Waals surface area contributed by atoms with Crippen LogP contribution in [0.15, 0.2) is 48.5 Å². The molecule has 0 bridgehead atoms. The topological polar surface area (TPSA) is 167 Å². The van der Waals surface area contributed by atoms with Crippen molar-refractivity contribution in [3.05, 3.63) is 54.2 Å². The number of aromatic nitrogens is 1. The zero-order valence-corrected chi connectivity index (χ0v) is 26.8. The molecule has 14 heteroatoms. The van der Waals surface area contributed by atoms with Gasteiger partial charge in [0.2, 0.25) is 17.7 Å². The highest BCUT2D eigenvalue weighted by Gasteiger charge is 2.58. The Hall–Kier alpha value is -4.30. The highest BCUT2D eigenvalue weighted by Crippen LogP contribution is 2.33. The van der Waals surface area contributed by atoms with Crippen LogP contribution in [-0.2, 0) is 28.5 Å². The fourth-order valence-electron chi connectivity index (χ4n) is 4.74. The number of nitrogens with one attached hydrogen (secondary N) is 2. The molecule has 1 saturated heterocycles. The van der Waals surface area contributed by atoms with Crippen LogP contribution >= 0.6 is 0 Å². The number of carbonyl (C=O) groups is 5. The molecule has 1 unspecified atom stereocenters. The number of aliphatic hydroxyl groups is 1. The number of hydrogen-bond donors (Lipinski definition) is 3. The molecule has 13 nitrogen and oxygen atoms in total. The first-order valence-electron chi connectivity index (χ1n) is 14.7. The van der Waals surface area contributed by atoms with Crippen LogP contribution in [0, 0.1) is 5.92 Å². The lowest BCUT2D eigenvalue weighted by molar-refractivity contribution is -0.153. The van der Waals surface area contributed by atoms with E-state index in [1.54, 1.807) is 12.1 Å². The van der Waals surface area contributed by atoms with Crippen LogP contribution in [0.25, 0.3) is 11.3 Å². The number of nitrogens with zero attached hydrogens (tertiary/aromatic N) is 3. The highest BCUT2D eigenvalue weighted by atomic mass is 16.7. The van der Waals surface area contributed by atoms with E-state index in [4.69, 9.17) is 9.31 Å². The molecule has 0 spiro atoms. The Balaban J connectivity index is 1.83. The normalized spacial score (nSPS) is 15.9. The zero-order chi connectivity index (χ0) is 33.5. The van der Waals surface area contributed by atoms with E-state index in [9.17, 15) is 29.1 Å². The first-order valence-corrected chi connectivity index (χ1v) is 14.7. The van der Waals surface area contributed by atoms with Crippen molar-refractivity contribution in [2.75, 3.05) is 28.2 Å². The number of hydrogen-bond acceptors (Lipinski definition) is 9. The van der Waals surface area contributed by atoms with Crippen molar-refractivity contribution in [3.63, 3.8) is 0 Å². The van der Waals surface area contributed by atoms with E-state index in [0.717, 1.165) is 5.56 Å². The summed E-state index contributed by atoms with van der Waals surface area (Å²) in [7, 11) is 4.72. The van der Waals surface area contributed by atoms with E-state index in [1.165, 1.54) is 51.0 Å². The summed E-state index contributed by atoms with van der Waals surface area (Å²) in [5, 5.41) is 15.8. The fraction of sp³-hybridized carbons (Fsp3) is 0.484. The Morgan fingerprint density at radius 1 is 0.911 bits per heavy atom. The Morgan fingerprint density at radius 3 is 2.04 bits per heavy atom. The summed E-state index contributed by atoms with van der Waals surface area (Å²) in [6.07, 6.45) is -1.94. The molecule has 1 aliphatic heterocycles. The smallest absolute Gasteiger partial charge is 0.506 e. The summed E-state index contributed by atoms with van der Waals surface area (Å²) in [5.41, 5.74) is -0.499. The maximum absolute atomic E-state index is 13.5. The quantitative estimate of drug-likeness (QED) is 0.277. The molecule has 3 atom stereocenters. The monoisotopic (exact) mass is 623 g/mol. The van der Waals surface area contributed by atoms with Crippen LogP contribution in [0.1, 0.15) is 50.5 Å². The molecule has 0 saturated carbocycles. The number of amides is 4. The van der Waals surface area contributed by atoms with Gasteiger partial charge in [0.05, 0.1) is 30.6 Å². The molecule has 1 fully saturated rings. The van der Waals surface area contributed by atoms with Gasteiger partial charge in [0.15, 0.2) is 5.60 Å². The summed E-state index contributed by atoms with van der Waals surface area (Å²) in [6, 6.07) is 12.8. The Labute approximate surface area is 263 Å². The average molecular weight is 624 g/mol. The van der Waals surface area contributed by atoms with E-state index in [-0.39, 0.29) is 18.0 Å². The van der Waals surface area contributed by atoms with Gasteiger partial charge in [-0.25, -0.2) is 4.98 Å². The largest absolute Gasteiger partial charge is 0.552 e. The third-order valence-electron chi connectivity index (χ3n) is 7.29. The van der Waals surface area contributed by atoms with Gasteiger partial charge < -0.3 is 34.8 Å². The molecule has 1 aromatic heterocycles. The number of pyridine rings is 1. The Bertz CT molecular complexity index is 1360. The summed E-state index contributed by atoms with van der Waals surface area (Å²) in [5.74, 6) is -4.20. The minimum Gasteiger partial charge on any atom is -0.506 e. The lowest BCUT2D eigenvalue weighted by Crippen LogP contribution is -2.58. The van der Waals surface area contributed by atoms with Gasteiger partial charge in [-0.1, -0.05) is 50.2 Å². The van der Waals surface area contributed by atoms with Crippen LogP contribution in [0.3, 0.4) is 0 Å². The molecular weight excluding hydrogens is 581 g/mol. The van der Waals surface area contributed by atoms with Crippen molar-refractivity contribution in [1.29, 1.82) is 0 Å². The molecule has 2 heterocycles. The molecule has 4 amide bonds. The van der Waals surface area contributed by atoms with E-state index in [0.29, 0.717) is 5.69 Å². The van der Waals surface area contributed by atoms with Gasteiger partial charge >= 0.3 is 13.1 Å². The molecule has 3 rings (SSSR count). The molecule has 2 aromatic rings. The van der Waals surface area contributed by atoms with Crippen LogP contribution < -0.4 is 10.6 Å². The Morgan fingerprint density at radius 2 is 1.51 bits per heavy atom. The minimum absolute atomic E-state index is 0.0241. The van der Waals surface area contributed by atoms with E-state index >= 15 is 0 Å². The van der Waals surface area contributed by atoms with Gasteiger partial charge in [-0.3, -0.25) is 24.0 Å². The van der Waals surface area contributed by atoms with Gasteiger partial charge in [0, 0.05) is 33.8 Å². The minimum atomic E-state index is -1.90. The first-order chi connectivity index (χ1) is 21.1. The molecular formula is C31H42BN5O8. The van der Waals surface area contributed by atoms with Crippen molar-refractivity contribution in [3.8, 4) is 11.3 Å². The van der Waals surface area contributed by atoms with E-state index < -0.39 is 73.2 Å². The van der Waals surface area contributed by atoms with Gasteiger partial charge in [-0.15, -0.1) is 0 Å². The number of carbonyl (C=O) groups excluding carboxylic acids is 5. The van der Waals surface area contributed by atoms with Gasteiger partial charge in [0.25, 0.3) is 5.91 Å². The standard InChI is InChI=1S/C31H42BN5O8/c1-19(2)16-24(32-44-30(43)31(45-32,17-25(39)36(4)5)18-26(40)37(6)7)34-29(42)27(20(3)38)35-28(41)23-15-11-14-22(33-23)21-12-9-8-10-13-21/h8-15,19-20,24,27,38H,16-18H2,1-7H3,(H,34,42)(H,35,41)/t20-,24+,27?/m1/s1. The molecule has 242 valence electrons. The van der Waals surface area contributed by atoms with Gasteiger partial charge in [0.1, 0.15) is 11.7 Å². The van der Waals surface area contributed by atoms with E-state index in [2.05, 4.69) is 15.6 Å². The molecule has 1 aliphatic rings. The van der Waals surface area contributed by atoms with Crippen molar-refractivity contribution < 1.29 is 38.4 Å². The van der Waals surface area contributed by atoms with Crippen LogP contribution in [0.4, 0.5) is 0 Å². The second kappa shape index (κ2) is 15.1. The summed E-state index contributed by atoms with van der Waals surface area (Å²) < 4.78 is 11.6. The third kappa shape index (κ3) is 9.11.